The van der Waals surface area contributed by atoms with Crippen LogP contribution in [0.5, 0.6) is 5.75 Å². The van der Waals surface area contributed by atoms with E-state index in [9.17, 15) is 19.8 Å². The van der Waals surface area contributed by atoms with Gasteiger partial charge in [0.25, 0.3) is 0 Å². The predicted molar refractivity (Wildman–Crippen MR) is 125 cm³/mol. The van der Waals surface area contributed by atoms with Crippen molar-refractivity contribution in [2.75, 3.05) is 6.61 Å². The molecule has 5 heteroatoms. The highest BCUT2D eigenvalue weighted by Crippen LogP contribution is 2.36. The summed E-state index contributed by atoms with van der Waals surface area (Å²) in [5.74, 6) is -2.32. The average molecular weight is 435 g/mol. The number of benzene rings is 1. The summed E-state index contributed by atoms with van der Waals surface area (Å²) < 4.78 is 5.92. The Kier molecular flexibility index (Phi) is 12.3. The number of unbranched alkanes of at least 4 members (excludes halogenated alkanes) is 5. The lowest BCUT2D eigenvalue weighted by atomic mass is 9.81. The van der Waals surface area contributed by atoms with Gasteiger partial charge in [0.2, 0.25) is 0 Å². The second-order valence-corrected chi connectivity index (χ2v) is 9.45. The fourth-order valence-corrected chi connectivity index (χ4v) is 4.00. The summed E-state index contributed by atoms with van der Waals surface area (Å²) >= 11 is 0. The van der Waals surface area contributed by atoms with Gasteiger partial charge >= 0.3 is 11.9 Å². The molecule has 0 aliphatic carbocycles. The molecule has 0 bridgehead atoms. The standard InChI is InChI=1S/C26H42O5/c1-6-7-8-9-10-11-14-31-20-12-13-21(23(25(27)28)15-18(2)3)22(17-20)24(26(29)30)16-19(4)5/h12-13,17-19,23-24H,6-11,14-16H2,1-5H3,(H,27,28)(H,29,30). The van der Waals surface area contributed by atoms with E-state index < -0.39 is 23.8 Å². The van der Waals surface area contributed by atoms with Gasteiger partial charge in [0.15, 0.2) is 0 Å². The normalized spacial score (nSPS) is 13.4. The Labute approximate surface area is 188 Å². The molecule has 1 rings (SSSR count). The fourth-order valence-electron chi connectivity index (χ4n) is 4.00. The van der Waals surface area contributed by atoms with E-state index >= 15 is 0 Å². The number of rotatable bonds is 16. The van der Waals surface area contributed by atoms with Crippen molar-refractivity contribution in [1.29, 1.82) is 0 Å². The monoisotopic (exact) mass is 434 g/mol. The zero-order valence-electron chi connectivity index (χ0n) is 20.0. The molecule has 0 radical (unpaired) electrons. The summed E-state index contributed by atoms with van der Waals surface area (Å²) in [5, 5.41) is 19.8. The molecule has 1 aromatic rings. The highest BCUT2D eigenvalue weighted by atomic mass is 16.5. The molecule has 31 heavy (non-hydrogen) atoms. The first-order valence-electron chi connectivity index (χ1n) is 11.9. The largest absolute Gasteiger partial charge is 0.494 e. The summed E-state index contributed by atoms with van der Waals surface area (Å²) in [6, 6.07) is 5.33. The second kappa shape index (κ2) is 14.1. The third-order valence-corrected chi connectivity index (χ3v) is 5.59. The molecular formula is C26H42O5. The van der Waals surface area contributed by atoms with E-state index in [0.29, 0.717) is 36.3 Å². The molecule has 5 nitrogen and oxygen atoms in total. The maximum atomic E-state index is 12.1. The van der Waals surface area contributed by atoms with Crippen LogP contribution < -0.4 is 4.74 Å². The van der Waals surface area contributed by atoms with Gasteiger partial charge in [0.05, 0.1) is 18.4 Å². The Morgan fingerprint density at radius 2 is 1.32 bits per heavy atom. The number of hydrogen-bond acceptors (Lipinski definition) is 3. The zero-order valence-corrected chi connectivity index (χ0v) is 20.0. The van der Waals surface area contributed by atoms with E-state index in [2.05, 4.69) is 6.92 Å². The summed E-state index contributed by atoms with van der Waals surface area (Å²) in [6.45, 7) is 10.7. The molecule has 2 unspecified atom stereocenters. The smallest absolute Gasteiger partial charge is 0.310 e. The van der Waals surface area contributed by atoms with Crippen molar-refractivity contribution in [1.82, 2.24) is 0 Å². The van der Waals surface area contributed by atoms with Crippen molar-refractivity contribution in [3.05, 3.63) is 29.3 Å². The van der Waals surface area contributed by atoms with Gasteiger partial charge in [-0.25, -0.2) is 0 Å². The lowest BCUT2D eigenvalue weighted by Gasteiger charge is -2.24. The first kappa shape index (κ1) is 27.0. The van der Waals surface area contributed by atoms with E-state index in [1.807, 2.05) is 27.7 Å². The van der Waals surface area contributed by atoms with Gasteiger partial charge in [-0.1, -0.05) is 72.8 Å². The van der Waals surface area contributed by atoms with Gasteiger partial charge in [-0.15, -0.1) is 0 Å². The van der Waals surface area contributed by atoms with Crippen molar-refractivity contribution < 1.29 is 24.5 Å². The maximum Gasteiger partial charge on any atom is 0.310 e. The molecule has 0 aliphatic heterocycles. The SMILES string of the molecule is CCCCCCCCOc1ccc(C(CC(C)C)C(=O)O)c(C(CC(C)C)C(=O)O)c1. The van der Waals surface area contributed by atoms with E-state index in [4.69, 9.17) is 4.74 Å². The first-order chi connectivity index (χ1) is 14.7. The molecule has 0 aliphatic rings. The van der Waals surface area contributed by atoms with Crippen LogP contribution in [0, 0.1) is 11.8 Å². The van der Waals surface area contributed by atoms with Crippen LogP contribution in [0.15, 0.2) is 18.2 Å². The summed E-state index contributed by atoms with van der Waals surface area (Å²) in [5.41, 5.74) is 1.18. The molecule has 176 valence electrons. The zero-order chi connectivity index (χ0) is 23.4. The Hall–Kier alpha value is -2.04. The minimum atomic E-state index is -0.920. The van der Waals surface area contributed by atoms with Crippen LogP contribution in [0.2, 0.25) is 0 Å². The predicted octanol–water partition coefficient (Wildman–Crippen LogP) is 6.85. The van der Waals surface area contributed by atoms with Crippen LogP contribution in [0.25, 0.3) is 0 Å². The molecule has 2 atom stereocenters. The van der Waals surface area contributed by atoms with Crippen molar-refractivity contribution in [2.24, 2.45) is 11.8 Å². The molecule has 1 aromatic carbocycles. The molecule has 0 fully saturated rings. The van der Waals surface area contributed by atoms with Crippen LogP contribution in [-0.4, -0.2) is 28.8 Å². The molecule has 2 N–H and O–H groups in total. The molecule has 0 spiro atoms. The fraction of sp³-hybridized carbons (Fsp3) is 0.692. The lowest BCUT2D eigenvalue weighted by molar-refractivity contribution is -0.140. The molecule has 0 amide bonds. The molecule has 0 saturated heterocycles. The van der Waals surface area contributed by atoms with Crippen molar-refractivity contribution in [2.45, 2.75) is 97.8 Å². The van der Waals surface area contributed by atoms with Gasteiger partial charge in [-0.3, -0.25) is 9.59 Å². The van der Waals surface area contributed by atoms with E-state index in [0.717, 1.165) is 12.8 Å². The molecule has 0 saturated carbocycles. The van der Waals surface area contributed by atoms with Gasteiger partial charge < -0.3 is 14.9 Å². The van der Waals surface area contributed by atoms with Crippen LogP contribution in [0.3, 0.4) is 0 Å². The Balaban J connectivity index is 3.11. The topological polar surface area (TPSA) is 83.8 Å². The minimum Gasteiger partial charge on any atom is -0.494 e. The number of carboxylic acids is 2. The van der Waals surface area contributed by atoms with E-state index in [1.165, 1.54) is 25.7 Å². The Bertz CT molecular complexity index is 680. The van der Waals surface area contributed by atoms with Crippen LogP contribution in [0.4, 0.5) is 0 Å². The number of aliphatic carboxylic acids is 2. The molecule has 0 aromatic heterocycles. The number of hydrogen-bond donors (Lipinski definition) is 2. The minimum absolute atomic E-state index is 0.176. The van der Waals surface area contributed by atoms with Crippen molar-refractivity contribution in [3.8, 4) is 5.75 Å². The number of carboxylic acid groups (broad SMARTS) is 2. The average Bonchev–Trinajstić information content (AvgIpc) is 2.69. The van der Waals surface area contributed by atoms with Crippen molar-refractivity contribution >= 4 is 11.9 Å². The summed E-state index contributed by atoms with van der Waals surface area (Å²) in [6.07, 6.45) is 7.93. The van der Waals surface area contributed by atoms with Crippen LogP contribution in [-0.2, 0) is 9.59 Å². The Morgan fingerprint density at radius 1 is 0.806 bits per heavy atom. The summed E-state index contributed by atoms with van der Waals surface area (Å²) in [7, 11) is 0. The third kappa shape index (κ3) is 9.75. The highest BCUT2D eigenvalue weighted by molar-refractivity contribution is 5.81. The van der Waals surface area contributed by atoms with Gasteiger partial charge in [0, 0.05) is 0 Å². The van der Waals surface area contributed by atoms with E-state index in [-0.39, 0.29) is 11.8 Å². The van der Waals surface area contributed by atoms with Crippen molar-refractivity contribution in [3.63, 3.8) is 0 Å². The molecular weight excluding hydrogens is 392 g/mol. The third-order valence-electron chi connectivity index (χ3n) is 5.59. The molecule has 0 heterocycles. The number of carbonyl (C=O) groups is 2. The summed E-state index contributed by atoms with van der Waals surface area (Å²) in [4.78, 5) is 24.1. The lowest BCUT2D eigenvalue weighted by Crippen LogP contribution is -2.21. The van der Waals surface area contributed by atoms with Gasteiger partial charge in [-0.05, 0) is 54.4 Å². The quantitative estimate of drug-likeness (QED) is 0.278. The van der Waals surface area contributed by atoms with Gasteiger partial charge in [0.1, 0.15) is 5.75 Å². The van der Waals surface area contributed by atoms with E-state index in [1.54, 1.807) is 18.2 Å². The maximum absolute atomic E-state index is 12.1. The van der Waals surface area contributed by atoms with Gasteiger partial charge in [-0.2, -0.15) is 0 Å². The highest BCUT2D eigenvalue weighted by Gasteiger charge is 2.30. The van der Waals surface area contributed by atoms with Crippen LogP contribution in [0.1, 0.15) is 109 Å². The second-order valence-electron chi connectivity index (χ2n) is 9.45. The number of ether oxygens (including phenoxy) is 1. The first-order valence-corrected chi connectivity index (χ1v) is 11.9. The Morgan fingerprint density at radius 3 is 1.84 bits per heavy atom. The van der Waals surface area contributed by atoms with Crippen LogP contribution >= 0.6 is 0 Å².